The molecule has 20 heavy (non-hydrogen) atoms. The highest BCUT2D eigenvalue weighted by atomic mass is 32.2. The van der Waals surface area contributed by atoms with E-state index in [1.807, 2.05) is 11.3 Å². The zero-order chi connectivity index (χ0) is 14.6. The molecule has 0 aliphatic carbocycles. The fourth-order valence-corrected chi connectivity index (χ4v) is 4.52. The quantitative estimate of drug-likeness (QED) is 0.868. The molecule has 0 spiro atoms. The molecule has 1 saturated heterocycles. The first-order valence-corrected chi connectivity index (χ1v) is 9.79. The molecule has 1 aromatic heterocycles. The summed E-state index contributed by atoms with van der Waals surface area (Å²) in [6.07, 6.45) is 0. The highest BCUT2D eigenvalue weighted by molar-refractivity contribution is 7.91. The molecule has 1 aromatic rings. The van der Waals surface area contributed by atoms with Gasteiger partial charge in [-0.25, -0.2) is 8.42 Å². The van der Waals surface area contributed by atoms with Crippen molar-refractivity contribution < 1.29 is 8.42 Å². The van der Waals surface area contributed by atoms with Crippen LogP contribution in [0.2, 0.25) is 0 Å². The third kappa shape index (κ3) is 5.16. The molecule has 4 nitrogen and oxygen atoms in total. The highest BCUT2D eigenvalue weighted by Gasteiger charge is 2.21. The summed E-state index contributed by atoms with van der Waals surface area (Å²) in [5.74, 6) is 1.28. The van der Waals surface area contributed by atoms with Crippen LogP contribution in [0.4, 0.5) is 0 Å². The third-order valence-corrected chi connectivity index (χ3v) is 6.06. The lowest BCUT2D eigenvalue weighted by Crippen LogP contribution is -2.39. The summed E-state index contributed by atoms with van der Waals surface area (Å²) in [6, 6.07) is 4.34. The molecule has 1 N–H and O–H groups in total. The Morgan fingerprint density at radius 3 is 2.55 bits per heavy atom. The lowest BCUT2D eigenvalue weighted by Gasteiger charge is -2.25. The third-order valence-electron chi connectivity index (χ3n) is 3.39. The molecule has 0 saturated carbocycles. The van der Waals surface area contributed by atoms with Crippen LogP contribution in [0.5, 0.6) is 0 Å². The zero-order valence-electron chi connectivity index (χ0n) is 12.3. The van der Waals surface area contributed by atoms with Gasteiger partial charge in [0.2, 0.25) is 0 Å². The second-order valence-electron chi connectivity index (χ2n) is 5.82. The standard InChI is InChI=1S/C14H24N2O2S2/c1-12(2)9-15-10-13-3-4-14(19-13)11-16-5-7-20(17,18)8-6-16/h3-4,12,15H,5-11H2,1-2H3. The van der Waals surface area contributed by atoms with E-state index < -0.39 is 9.84 Å². The lowest BCUT2D eigenvalue weighted by molar-refractivity contribution is 0.290. The van der Waals surface area contributed by atoms with Crippen LogP contribution in [-0.4, -0.2) is 44.5 Å². The Balaban J connectivity index is 1.78. The fraction of sp³-hybridized carbons (Fsp3) is 0.714. The first-order chi connectivity index (χ1) is 9.44. The summed E-state index contributed by atoms with van der Waals surface area (Å²) in [5, 5.41) is 3.45. The van der Waals surface area contributed by atoms with Crippen molar-refractivity contribution in [2.75, 3.05) is 31.1 Å². The van der Waals surface area contributed by atoms with Crippen molar-refractivity contribution in [3.8, 4) is 0 Å². The fourth-order valence-electron chi connectivity index (χ4n) is 2.22. The maximum atomic E-state index is 11.4. The summed E-state index contributed by atoms with van der Waals surface area (Å²) in [5.41, 5.74) is 0. The van der Waals surface area contributed by atoms with Gasteiger partial charge < -0.3 is 5.32 Å². The monoisotopic (exact) mass is 316 g/mol. The molecule has 0 atom stereocenters. The number of nitrogens with zero attached hydrogens (tertiary/aromatic N) is 1. The van der Waals surface area contributed by atoms with Crippen LogP contribution in [0.25, 0.3) is 0 Å². The number of thiophene rings is 1. The maximum absolute atomic E-state index is 11.4. The van der Waals surface area contributed by atoms with Gasteiger partial charge >= 0.3 is 0 Å². The van der Waals surface area contributed by atoms with Gasteiger partial charge in [-0.05, 0) is 24.6 Å². The molecule has 1 fully saturated rings. The van der Waals surface area contributed by atoms with E-state index in [0.717, 1.165) is 19.6 Å². The van der Waals surface area contributed by atoms with Crippen molar-refractivity contribution in [2.24, 2.45) is 5.92 Å². The van der Waals surface area contributed by atoms with Crippen LogP contribution in [-0.2, 0) is 22.9 Å². The minimum atomic E-state index is -2.77. The van der Waals surface area contributed by atoms with Gasteiger partial charge in [0.25, 0.3) is 0 Å². The van der Waals surface area contributed by atoms with E-state index in [2.05, 4.69) is 36.2 Å². The minimum absolute atomic E-state index is 0.307. The Bertz CT molecular complexity index is 509. The second kappa shape index (κ2) is 7.02. The molecule has 1 aliphatic heterocycles. The molecule has 0 amide bonds. The average molecular weight is 316 g/mol. The summed E-state index contributed by atoms with van der Waals surface area (Å²) in [6.45, 7) is 8.59. The maximum Gasteiger partial charge on any atom is 0.152 e. The number of hydrogen-bond donors (Lipinski definition) is 1. The molecule has 0 bridgehead atoms. The number of rotatable bonds is 6. The summed E-state index contributed by atoms with van der Waals surface area (Å²) in [7, 11) is -2.77. The van der Waals surface area contributed by atoms with Crippen molar-refractivity contribution in [2.45, 2.75) is 26.9 Å². The van der Waals surface area contributed by atoms with Crippen LogP contribution in [0.3, 0.4) is 0 Å². The van der Waals surface area contributed by atoms with Crippen molar-refractivity contribution >= 4 is 21.2 Å². The lowest BCUT2D eigenvalue weighted by atomic mass is 10.2. The molecule has 0 aromatic carbocycles. The Labute approximate surface area is 126 Å². The smallest absolute Gasteiger partial charge is 0.152 e. The van der Waals surface area contributed by atoms with Crippen molar-refractivity contribution in [1.29, 1.82) is 0 Å². The Hall–Kier alpha value is -0.430. The van der Waals surface area contributed by atoms with E-state index >= 15 is 0 Å². The molecular formula is C14H24N2O2S2. The topological polar surface area (TPSA) is 49.4 Å². The summed E-state index contributed by atoms with van der Waals surface area (Å²) >= 11 is 1.82. The van der Waals surface area contributed by atoms with Crippen molar-refractivity contribution in [3.05, 3.63) is 21.9 Å². The van der Waals surface area contributed by atoms with Gasteiger partial charge in [-0.1, -0.05) is 13.8 Å². The summed E-state index contributed by atoms with van der Waals surface area (Å²) < 4.78 is 22.8. The molecule has 1 aliphatic rings. The Morgan fingerprint density at radius 2 is 1.90 bits per heavy atom. The van der Waals surface area contributed by atoms with E-state index in [4.69, 9.17) is 0 Å². The van der Waals surface area contributed by atoms with Crippen molar-refractivity contribution in [1.82, 2.24) is 10.2 Å². The van der Waals surface area contributed by atoms with Crippen molar-refractivity contribution in [3.63, 3.8) is 0 Å². The molecular weight excluding hydrogens is 292 g/mol. The molecule has 6 heteroatoms. The van der Waals surface area contributed by atoms with E-state index in [-0.39, 0.29) is 0 Å². The minimum Gasteiger partial charge on any atom is -0.312 e. The van der Waals surface area contributed by atoms with E-state index in [9.17, 15) is 8.42 Å². The number of hydrogen-bond acceptors (Lipinski definition) is 5. The van der Waals surface area contributed by atoms with Gasteiger partial charge in [0.1, 0.15) is 0 Å². The van der Waals surface area contributed by atoms with Gasteiger partial charge in [-0.2, -0.15) is 0 Å². The van der Waals surface area contributed by atoms with Crippen LogP contribution in [0.1, 0.15) is 23.6 Å². The SMILES string of the molecule is CC(C)CNCc1ccc(CN2CCS(=O)(=O)CC2)s1. The van der Waals surface area contributed by atoms with E-state index in [1.165, 1.54) is 9.75 Å². The van der Waals surface area contributed by atoms with Crippen LogP contribution >= 0.6 is 11.3 Å². The van der Waals surface area contributed by atoms with E-state index in [1.54, 1.807) is 0 Å². The predicted octanol–water partition coefficient (Wildman–Crippen LogP) is 1.72. The number of nitrogens with one attached hydrogen (secondary N) is 1. The molecule has 0 radical (unpaired) electrons. The van der Waals surface area contributed by atoms with Gasteiger partial charge in [0.05, 0.1) is 11.5 Å². The zero-order valence-corrected chi connectivity index (χ0v) is 13.9. The van der Waals surface area contributed by atoms with Crippen LogP contribution in [0.15, 0.2) is 12.1 Å². The summed E-state index contributed by atoms with van der Waals surface area (Å²) in [4.78, 5) is 4.91. The predicted molar refractivity (Wildman–Crippen MR) is 84.8 cm³/mol. The first-order valence-electron chi connectivity index (χ1n) is 7.16. The second-order valence-corrected chi connectivity index (χ2v) is 9.38. The van der Waals surface area contributed by atoms with Gasteiger partial charge in [0.15, 0.2) is 9.84 Å². The largest absolute Gasteiger partial charge is 0.312 e. The first kappa shape index (κ1) is 15.9. The molecule has 0 unspecified atom stereocenters. The Kier molecular flexibility index (Phi) is 5.60. The van der Waals surface area contributed by atoms with Gasteiger partial charge in [0, 0.05) is 35.9 Å². The average Bonchev–Trinajstić information content (AvgIpc) is 2.79. The molecule has 2 heterocycles. The van der Waals surface area contributed by atoms with Gasteiger partial charge in [-0.3, -0.25) is 4.90 Å². The molecule has 2 rings (SSSR count). The van der Waals surface area contributed by atoms with Crippen LogP contribution < -0.4 is 5.32 Å². The number of sulfone groups is 1. The van der Waals surface area contributed by atoms with E-state index in [0.29, 0.717) is 30.5 Å². The highest BCUT2D eigenvalue weighted by Crippen LogP contribution is 2.19. The Morgan fingerprint density at radius 1 is 1.25 bits per heavy atom. The molecule has 114 valence electrons. The van der Waals surface area contributed by atoms with Gasteiger partial charge in [-0.15, -0.1) is 11.3 Å². The van der Waals surface area contributed by atoms with Crippen LogP contribution in [0, 0.1) is 5.92 Å². The normalized spacial score (nSPS) is 19.6.